The lowest BCUT2D eigenvalue weighted by atomic mass is 9.84. The molecule has 0 heterocycles. The van der Waals surface area contributed by atoms with Crippen LogP contribution in [0.25, 0.3) is 0 Å². The Morgan fingerprint density at radius 1 is 1.18 bits per heavy atom. The van der Waals surface area contributed by atoms with Crippen molar-refractivity contribution in [1.82, 2.24) is 5.32 Å². The van der Waals surface area contributed by atoms with E-state index in [4.69, 9.17) is 0 Å². The standard InChI is InChI=1S/C14H27NOS/c1-2-17-13-8-6-7-12(13)15-11-14(16)9-4-3-5-10-14/h12-13,15-16H,2-11H2,1H3. The fourth-order valence-electron chi connectivity index (χ4n) is 3.28. The van der Waals surface area contributed by atoms with Crippen molar-refractivity contribution >= 4 is 11.8 Å². The normalized spacial score (nSPS) is 32.8. The van der Waals surface area contributed by atoms with Crippen molar-refractivity contribution in [1.29, 1.82) is 0 Å². The van der Waals surface area contributed by atoms with Gasteiger partial charge >= 0.3 is 0 Å². The van der Waals surface area contributed by atoms with Crippen molar-refractivity contribution in [2.45, 2.75) is 75.2 Å². The highest BCUT2D eigenvalue weighted by atomic mass is 32.2. The monoisotopic (exact) mass is 257 g/mol. The molecule has 2 saturated carbocycles. The average molecular weight is 257 g/mol. The smallest absolute Gasteiger partial charge is 0.0771 e. The minimum absolute atomic E-state index is 0.401. The molecule has 100 valence electrons. The maximum atomic E-state index is 10.5. The Bertz CT molecular complexity index is 228. The summed E-state index contributed by atoms with van der Waals surface area (Å²) in [7, 11) is 0. The summed E-state index contributed by atoms with van der Waals surface area (Å²) < 4.78 is 0. The van der Waals surface area contributed by atoms with Crippen LogP contribution in [-0.4, -0.2) is 34.3 Å². The molecule has 0 aromatic heterocycles. The summed E-state index contributed by atoms with van der Waals surface area (Å²) >= 11 is 2.09. The SMILES string of the molecule is CCSC1CCCC1NCC1(O)CCCCC1. The fraction of sp³-hybridized carbons (Fsp3) is 1.00. The molecule has 3 heteroatoms. The molecule has 2 atom stereocenters. The zero-order chi connectivity index (χ0) is 12.1. The molecule has 2 N–H and O–H groups in total. The third-order valence-corrected chi connectivity index (χ3v) is 5.64. The van der Waals surface area contributed by atoms with Crippen molar-refractivity contribution in [2.75, 3.05) is 12.3 Å². The van der Waals surface area contributed by atoms with Gasteiger partial charge in [0.2, 0.25) is 0 Å². The van der Waals surface area contributed by atoms with Crippen LogP contribution in [-0.2, 0) is 0 Å². The molecule has 2 unspecified atom stereocenters. The summed E-state index contributed by atoms with van der Waals surface area (Å²) in [6.45, 7) is 3.06. The van der Waals surface area contributed by atoms with Gasteiger partial charge in [0.15, 0.2) is 0 Å². The number of hydrogen-bond acceptors (Lipinski definition) is 3. The highest BCUT2D eigenvalue weighted by Crippen LogP contribution is 2.32. The minimum atomic E-state index is -0.401. The number of aliphatic hydroxyl groups is 1. The molecule has 0 radical (unpaired) electrons. The molecule has 0 amide bonds. The number of rotatable bonds is 5. The zero-order valence-corrected chi connectivity index (χ0v) is 11.9. The van der Waals surface area contributed by atoms with E-state index in [9.17, 15) is 5.11 Å². The molecular weight excluding hydrogens is 230 g/mol. The van der Waals surface area contributed by atoms with Gasteiger partial charge in [-0.3, -0.25) is 0 Å². The summed E-state index contributed by atoms with van der Waals surface area (Å²) in [6, 6.07) is 0.644. The van der Waals surface area contributed by atoms with Gasteiger partial charge in [0.25, 0.3) is 0 Å². The number of nitrogens with one attached hydrogen (secondary N) is 1. The third-order valence-electron chi connectivity index (χ3n) is 4.31. The molecular formula is C14H27NOS. The van der Waals surface area contributed by atoms with Crippen molar-refractivity contribution in [3.63, 3.8) is 0 Å². The van der Waals surface area contributed by atoms with E-state index in [2.05, 4.69) is 24.0 Å². The second-order valence-electron chi connectivity index (χ2n) is 5.70. The lowest BCUT2D eigenvalue weighted by molar-refractivity contribution is 0.00292. The second kappa shape index (κ2) is 6.44. The Balaban J connectivity index is 1.76. The Hall–Kier alpha value is 0.270. The Morgan fingerprint density at radius 2 is 1.94 bits per heavy atom. The molecule has 0 saturated heterocycles. The maximum absolute atomic E-state index is 10.5. The van der Waals surface area contributed by atoms with E-state index in [-0.39, 0.29) is 0 Å². The third kappa shape index (κ3) is 3.87. The molecule has 0 aromatic carbocycles. The first-order chi connectivity index (χ1) is 8.23. The number of hydrogen-bond donors (Lipinski definition) is 2. The summed E-state index contributed by atoms with van der Waals surface area (Å²) in [6.07, 6.45) is 9.72. The van der Waals surface area contributed by atoms with E-state index in [1.807, 2.05) is 0 Å². The Labute approximate surface area is 110 Å². The van der Waals surface area contributed by atoms with Crippen molar-refractivity contribution < 1.29 is 5.11 Å². The summed E-state index contributed by atoms with van der Waals surface area (Å²) in [5.74, 6) is 1.22. The predicted octanol–water partition coefficient (Wildman–Crippen LogP) is 2.95. The lowest BCUT2D eigenvalue weighted by Gasteiger charge is -2.34. The maximum Gasteiger partial charge on any atom is 0.0771 e. The van der Waals surface area contributed by atoms with E-state index in [1.165, 1.54) is 44.3 Å². The molecule has 2 aliphatic rings. The molecule has 2 rings (SSSR count). The molecule has 0 bridgehead atoms. The van der Waals surface area contributed by atoms with Crippen LogP contribution in [0.4, 0.5) is 0 Å². The van der Waals surface area contributed by atoms with Gasteiger partial charge in [0.1, 0.15) is 0 Å². The van der Waals surface area contributed by atoms with E-state index >= 15 is 0 Å². The van der Waals surface area contributed by atoms with E-state index in [0.717, 1.165) is 24.6 Å². The van der Waals surface area contributed by atoms with Crippen molar-refractivity contribution in [3.05, 3.63) is 0 Å². The van der Waals surface area contributed by atoms with E-state index < -0.39 is 5.60 Å². The topological polar surface area (TPSA) is 32.3 Å². The van der Waals surface area contributed by atoms with Crippen LogP contribution in [0.15, 0.2) is 0 Å². The molecule has 0 spiro atoms. The van der Waals surface area contributed by atoms with Crippen LogP contribution in [0.2, 0.25) is 0 Å². The van der Waals surface area contributed by atoms with Gasteiger partial charge in [-0.2, -0.15) is 11.8 Å². The minimum Gasteiger partial charge on any atom is -0.389 e. The van der Waals surface area contributed by atoms with Crippen LogP contribution < -0.4 is 5.32 Å². The zero-order valence-electron chi connectivity index (χ0n) is 11.1. The van der Waals surface area contributed by atoms with E-state index in [1.54, 1.807) is 0 Å². The van der Waals surface area contributed by atoms with Crippen LogP contribution in [0.1, 0.15) is 58.3 Å². The lowest BCUT2D eigenvalue weighted by Crippen LogP contribution is -2.47. The van der Waals surface area contributed by atoms with Crippen LogP contribution in [0.5, 0.6) is 0 Å². The van der Waals surface area contributed by atoms with Crippen molar-refractivity contribution in [2.24, 2.45) is 0 Å². The summed E-state index contributed by atoms with van der Waals surface area (Å²) in [5.41, 5.74) is -0.401. The molecule has 2 nitrogen and oxygen atoms in total. The first-order valence-corrected chi connectivity index (χ1v) is 8.36. The van der Waals surface area contributed by atoms with Crippen LogP contribution in [0, 0.1) is 0 Å². The van der Waals surface area contributed by atoms with Gasteiger partial charge in [-0.05, 0) is 31.4 Å². The Morgan fingerprint density at radius 3 is 2.65 bits per heavy atom. The van der Waals surface area contributed by atoms with Gasteiger partial charge in [-0.15, -0.1) is 0 Å². The largest absolute Gasteiger partial charge is 0.389 e. The highest BCUT2D eigenvalue weighted by molar-refractivity contribution is 7.99. The van der Waals surface area contributed by atoms with Crippen LogP contribution >= 0.6 is 11.8 Å². The van der Waals surface area contributed by atoms with Crippen molar-refractivity contribution in [3.8, 4) is 0 Å². The first kappa shape index (κ1) is 13.7. The van der Waals surface area contributed by atoms with Crippen LogP contribution in [0.3, 0.4) is 0 Å². The molecule has 0 aromatic rings. The van der Waals surface area contributed by atoms with Gasteiger partial charge < -0.3 is 10.4 Å². The highest BCUT2D eigenvalue weighted by Gasteiger charge is 2.32. The molecule has 17 heavy (non-hydrogen) atoms. The van der Waals surface area contributed by atoms with Gasteiger partial charge in [0, 0.05) is 17.8 Å². The molecule has 2 fully saturated rings. The summed E-state index contributed by atoms with van der Waals surface area (Å²) in [5, 5.41) is 14.9. The Kier molecular flexibility index (Phi) is 5.19. The van der Waals surface area contributed by atoms with E-state index in [0.29, 0.717) is 6.04 Å². The first-order valence-electron chi connectivity index (χ1n) is 7.31. The van der Waals surface area contributed by atoms with Gasteiger partial charge in [-0.25, -0.2) is 0 Å². The van der Waals surface area contributed by atoms with Gasteiger partial charge in [0.05, 0.1) is 5.60 Å². The average Bonchev–Trinajstić information content (AvgIpc) is 2.76. The molecule has 2 aliphatic carbocycles. The quantitative estimate of drug-likeness (QED) is 0.794. The fourth-order valence-corrected chi connectivity index (χ4v) is 4.51. The predicted molar refractivity (Wildman–Crippen MR) is 75.6 cm³/mol. The summed E-state index contributed by atoms with van der Waals surface area (Å²) in [4.78, 5) is 0. The number of thioether (sulfide) groups is 1. The molecule has 0 aliphatic heterocycles. The van der Waals surface area contributed by atoms with Gasteiger partial charge in [-0.1, -0.05) is 32.6 Å². The second-order valence-corrected chi connectivity index (χ2v) is 7.21.